The number of benzene rings is 2. The number of aryl methyl sites for hydroxylation is 2. The lowest BCUT2D eigenvalue weighted by atomic mass is 10.2. The summed E-state index contributed by atoms with van der Waals surface area (Å²) < 4.78 is 13.5. The van der Waals surface area contributed by atoms with Crippen molar-refractivity contribution in [3.8, 4) is 5.75 Å². The quantitative estimate of drug-likeness (QED) is 0.528. The molecule has 4 rings (SSSR count). The SMILES string of the molecule is CCN1C(=C=CCc2oc3ccc(C)cc3[n+]2CC(=O)O)Oc2ccc(C)cc21. The maximum Gasteiger partial charge on any atom is 0.370 e. The molecular formula is C23H23N2O4+. The van der Waals surface area contributed by atoms with Gasteiger partial charge in [-0.05, 0) is 56.2 Å². The number of aliphatic carboxylic acids is 1. The summed E-state index contributed by atoms with van der Waals surface area (Å²) in [5.74, 6) is 1.10. The van der Waals surface area contributed by atoms with Crippen LogP contribution in [0.5, 0.6) is 5.75 Å². The molecule has 2 heterocycles. The molecule has 0 amide bonds. The Morgan fingerprint density at radius 1 is 1.21 bits per heavy atom. The van der Waals surface area contributed by atoms with E-state index in [1.54, 1.807) is 4.57 Å². The molecule has 29 heavy (non-hydrogen) atoms. The molecule has 2 aromatic carbocycles. The zero-order valence-electron chi connectivity index (χ0n) is 16.7. The van der Waals surface area contributed by atoms with Crippen molar-refractivity contribution in [2.75, 3.05) is 11.4 Å². The number of rotatable bonds is 5. The maximum absolute atomic E-state index is 11.3. The predicted molar refractivity (Wildman–Crippen MR) is 109 cm³/mol. The molecule has 0 unspecified atom stereocenters. The molecule has 1 aliphatic heterocycles. The van der Waals surface area contributed by atoms with Gasteiger partial charge >= 0.3 is 11.9 Å². The van der Waals surface area contributed by atoms with Crippen LogP contribution in [0.2, 0.25) is 0 Å². The van der Waals surface area contributed by atoms with Crippen molar-refractivity contribution >= 4 is 22.8 Å². The number of hydrogen-bond acceptors (Lipinski definition) is 4. The van der Waals surface area contributed by atoms with Crippen molar-refractivity contribution in [1.29, 1.82) is 0 Å². The van der Waals surface area contributed by atoms with Crippen LogP contribution in [0.3, 0.4) is 0 Å². The van der Waals surface area contributed by atoms with Gasteiger partial charge in [-0.3, -0.25) is 0 Å². The average molecular weight is 391 g/mol. The van der Waals surface area contributed by atoms with Gasteiger partial charge < -0.3 is 19.2 Å². The van der Waals surface area contributed by atoms with Gasteiger partial charge in [0.1, 0.15) is 0 Å². The van der Waals surface area contributed by atoms with Gasteiger partial charge in [-0.2, -0.15) is 0 Å². The van der Waals surface area contributed by atoms with E-state index in [2.05, 4.69) is 30.5 Å². The number of carbonyl (C=O) groups is 1. The van der Waals surface area contributed by atoms with Crippen LogP contribution in [-0.2, 0) is 17.8 Å². The molecular weight excluding hydrogens is 368 g/mol. The number of oxazole rings is 1. The van der Waals surface area contributed by atoms with Gasteiger partial charge in [0.05, 0.1) is 12.1 Å². The molecule has 0 aliphatic carbocycles. The summed E-state index contributed by atoms with van der Waals surface area (Å²) >= 11 is 0. The Balaban J connectivity index is 1.67. The van der Waals surface area contributed by atoms with Crippen LogP contribution < -0.4 is 14.2 Å². The summed E-state index contributed by atoms with van der Waals surface area (Å²) in [6.07, 6.45) is 2.22. The molecule has 0 atom stereocenters. The minimum Gasteiger partial charge on any atom is -0.477 e. The first-order valence-electron chi connectivity index (χ1n) is 9.61. The molecule has 0 bridgehead atoms. The topological polar surface area (TPSA) is 66.8 Å². The fourth-order valence-electron chi connectivity index (χ4n) is 3.54. The first-order chi connectivity index (χ1) is 14.0. The minimum atomic E-state index is -0.912. The van der Waals surface area contributed by atoms with Crippen LogP contribution in [0, 0.1) is 13.8 Å². The van der Waals surface area contributed by atoms with Gasteiger partial charge in [-0.25, -0.2) is 4.79 Å². The van der Waals surface area contributed by atoms with Crippen LogP contribution in [0.1, 0.15) is 23.9 Å². The zero-order chi connectivity index (χ0) is 20.5. The molecule has 0 saturated heterocycles. The number of allylic oxidation sites excluding steroid dienone is 1. The van der Waals surface area contributed by atoms with Crippen LogP contribution in [0.15, 0.2) is 58.5 Å². The Morgan fingerprint density at radius 2 is 1.97 bits per heavy atom. The van der Waals surface area contributed by atoms with E-state index in [1.807, 2.05) is 43.3 Å². The Hall–Kier alpha value is -3.50. The van der Waals surface area contributed by atoms with E-state index in [9.17, 15) is 9.90 Å². The molecule has 1 aliphatic rings. The lowest BCUT2D eigenvalue weighted by Crippen LogP contribution is -2.40. The van der Waals surface area contributed by atoms with Gasteiger partial charge in [-0.1, -0.05) is 17.9 Å². The molecule has 6 nitrogen and oxygen atoms in total. The highest BCUT2D eigenvalue weighted by molar-refractivity contribution is 5.71. The summed E-state index contributed by atoms with van der Waals surface area (Å²) in [6, 6.07) is 11.8. The van der Waals surface area contributed by atoms with Gasteiger partial charge in [0.15, 0.2) is 5.75 Å². The normalized spacial score (nSPS) is 12.7. The Morgan fingerprint density at radius 3 is 2.72 bits per heavy atom. The lowest BCUT2D eigenvalue weighted by molar-refractivity contribution is -0.672. The largest absolute Gasteiger partial charge is 0.477 e. The molecule has 0 spiro atoms. The first kappa shape index (κ1) is 18.8. The molecule has 0 saturated carbocycles. The van der Waals surface area contributed by atoms with E-state index >= 15 is 0 Å². The highest BCUT2D eigenvalue weighted by Gasteiger charge is 2.26. The number of nitrogens with zero attached hydrogens (tertiary/aromatic N) is 2. The Bertz CT molecular complexity index is 1170. The zero-order valence-corrected chi connectivity index (χ0v) is 16.7. The highest BCUT2D eigenvalue weighted by Crippen LogP contribution is 2.38. The third-order valence-corrected chi connectivity index (χ3v) is 4.90. The Kier molecular flexibility index (Phi) is 4.87. The second-order valence-electron chi connectivity index (χ2n) is 7.12. The molecule has 1 aromatic heterocycles. The smallest absolute Gasteiger partial charge is 0.370 e. The van der Waals surface area contributed by atoms with E-state index in [4.69, 9.17) is 9.15 Å². The first-order valence-corrected chi connectivity index (χ1v) is 9.61. The van der Waals surface area contributed by atoms with E-state index in [1.165, 1.54) is 5.56 Å². The molecule has 0 radical (unpaired) electrons. The predicted octanol–water partition coefficient (Wildman–Crippen LogP) is 3.88. The number of carboxylic acids is 1. The summed E-state index contributed by atoms with van der Waals surface area (Å²) in [5, 5.41) is 9.31. The van der Waals surface area contributed by atoms with Crippen LogP contribution in [-0.4, -0.2) is 17.6 Å². The monoisotopic (exact) mass is 391 g/mol. The maximum atomic E-state index is 11.3. The van der Waals surface area contributed by atoms with Gasteiger partial charge in [0, 0.05) is 12.6 Å². The fourth-order valence-corrected chi connectivity index (χ4v) is 3.54. The van der Waals surface area contributed by atoms with Crippen LogP contribution in [0.4, 0.5) is 5.69 Å². The van der Waals surface area contributed by atoms with E-state index in [0.717, 1.165) is 29.1 Å². The number of fused-ring (bicyclic) bond motifs is 2. The number of anilines is 1. The van der Waals surface area contributed by atoms with Crippen molar-refractivity contribution in [3.05, 3.63) is 71.1 Å². The van der Waals surface area contributed by atoms with E-state index < -0.39 is 5.97 Å². The standard InChI is InChI=1S/C23H22N2O4/c1-4-24-17-12-15(2)8-10-19(17)28-21(24)6-5-7-22-25(14-23(26)27)18-13-16(3)9-11-20(18)29-22/h5,8-13H,4,7,14H2,1-3H3/p+1. The molecule has 148 valence electrons. The van der Waals surface area contributed by atoms with Crippen molar-refractivity contribution in [3.63, 3.8) is 0 Å². The van der Waals surface area contributed by atoms with Crippen LogP contribution >= 0.6 is 0 Å². The highest BCUT2D eigenvalue weighted by atomic mass is 16.5. The fraction of sp³-hybridized carbons (Fsp3) is 0.261. The number of hydrogen-bond donors (Lipinski definition) is 1. The third-order valence-electron chi connectivity index (χ3n) is 4.90. The molecule has 3 aromatic rings. The molecule has 6 heteroatoms. The summed E-state index contributed by atoms with van der Waals surface area (Å²) in [4.78, 5) is 13.4. The van der Waals surface area contributed by atoms with Gasteiger partial charge in [0.2, 0.25) is 18.0 Å². The van der Waals surface area contributed by atoms with Crippen LogP contribution in [0.25, 0.3) is 11.1 Å². The summed E-state index contributed by atoms with van der Waals surface area (Å²) in [5.41, 5.74) is 7.90. The van der Waals surface area contributed by atoms with Gasteiger partial charge in [-0.15, -0.1) is 4.57 Å². The minimum absolute atomic E-state index is 0.154. The van der Waals surface area contributed by atoms with E-state index in [0.29, 0.717) is 23.8 Å². The Labute approximate surface area is 168 Å². The third kappa shape index (κ3) is 3.62. The molecule has 0 fully saturated rings. The van der Waals surface area contributed by atoms with Crippen molar-refractivity contribution in [2.24, 2.45) is 0 Å². The number of carboxylic acid groups (broad SMARTS) is 1. The average Bonchev–Trinajstić information content (AvgIpc) is 3.19. The summed E-state index contributed by atoms with van der Waals surface area (Å²) in [6.45, 7) is 6.69. The van der Waals surface area contributed by atoms with E-state index in [-0.39, 0.29) is 6.54 Å². The van der Waals surface area contributed by atoms with Crippen molar-refractivity contribution < 1.29 is 23.6 Å². The van der Waals surface area contributed by atoms with Gasteiger partial charge in [0.25, 0.3) is 5.52 Å². The number of ether oxygens (including phenoxy) is 1. The molecule has 1 N–H and O–H groups in total. The lowest BCUT2D eigenvalue weighted by Gasteiger charge is -2.13. The second kappa shape index (κ2) is 7.49. The van der Waals surface area contributed by atoms with Crippen molar-refractivity contribution in [1.82, 2.24) is 0 Å². The van der Waals surface area contributed by atoms with Crippen molar-refractivity contribution in [2.45, 2.75) is 33.7 Å². The second-order valence-corrected chi connectivity index (χ2v) is 7.12. The summed E-state index contributed by atoms with van der Waals surface area (Å²) in [7, 11) is 0. The number of aromatic nitrogens is 1.